The van der Waals surface area contributed by atoms with Gasteiger partial charge in [0, 0.05) is 6.54 Å². The van der Waals surface area contributed by atoms with Crippen LogP contribution in [0.2, 0.25) is 0 Å². The van der Waals surface area contributed by atoms with Gasteiger partial charge in [0.1, 0.15) is 4.21 Å². The summed E-state index contributed by atoms with van der Waals surface area (Å²) in [5, 5.41) is 5.07. The van der Waals surface area contributed by atoms with Crippen molar-refractivity contribution in [1.82, 2.24) is 10.0 Å². The Morgan fingerprint density at radius 2 is 2.18 bits per heavy atom. The monoisotopic (exact) mass is 274 g/mol. The van der Waals surface area contributed by atoms with Crippen molar-refractivity contribution in [1.29, 1.82) is 0 Å². The topological polar surface area (TPSA) is 58.2 Å². The third kappa shape index (κ3) is 3.28. The van der Waals surface area contributed by atoms with E-state index in [0.717, 1.165) is 25.9 Å². The molecule has 2 N–H and O–H groups in total. The van der Waals surface area contributed by atoms with E-state index in [0.29, 0.717) is 10.8 Å². The highest BCUT2D eigenvalue weighted by Gasteiger charge is 2.28. The molecular weight excluding hydrogens is 256 g/mol. The molecule has 1 fully saturated rings. The fourth-order valence-corrected chi connectivity index (χ4v) is 4.20. The minimum atomic E-state index is -3.31. The molecule has 0 amide bonds. The zero-order chi connectivity index (χ0) is 12.4. The van der Waals surface area contributed by atoms with Gasteiger partial charge in [-0.2, -0.15) is 0 Å². The summed E-state index contributed by atoms with van der Waals surface area (Å²) in [4.78, 5) is 0. The fourth-order valence-electron chi connectivity index (χ4n) is 1.96. The Bertz CT molecular complexity index is 448. The minimum absolute atomic E-state index is 0.0789. The fraction of sp³-hybridized carbons (Fsp3) is 0.636. The zero-order valence-electron chi connectivity index (χ0n) is 9.90. The standard InChI is InChI=1S/C11H18N2O2S2/c1-11(4-6-12-7-5-11)9-13-17(14,15)10-3-2-8-16-10/h2-3,8,12-13H,4-7,9H2,1H3. The third-order valence-electron chi connectivity index (χ3n) is 3.26. The number of piperidine rings is 1. The molecule has 1 aromatic rings. The van der Waals surface area contributed by atoms with Crippen molar-refractivity contribution in [3.63, 3.8) is 0 Å². The maximum Gasteiger partial charge on any atom is 0.250 e. The molecule has 4 nitrogen and oxygen atoms in total. The number of thiophene rings is 1. The molecule has 0 atom stereocenters. The molecular formula is C11H18N2O2S2. The summed E-state index contributed by atoms with van der Waals surface area (Å²) in [6.07, 6.45) is 2.03. The summed E-state index contributed by atoms with van der Waals surface area (Å²) >= 11 is 1.25. The number of sulfonamides is 1. The summed E-state index contributed by atoms with van der Waals surface area (Å²) < 4.78 is 27.0. The van der Waals surface area contributed by atoms with Crippen LogP contribution in [0.25, 0.3) is 0 Å². The van der Waals surface area contributed by atoms with Crippen molar-refractivity contribution in [2.75, 3.05) is 19.6 Å². The van der Waals surface area contributed by atoms with E-state index < -0.39 is 10.0 Å². The first-order valence-corrected chi connectivity index (χ1v) is 8.12. The molecule has 1 aromatic heterocycles. The van der Waals surface area contributed by atoms with E-state index in [9.17, 15) is 8.42 Å². The first-order chi connectivity index (χ1) is 8.02. The number of nitrogens with one attached hydrogen (secondary N) is 2. The molecule has 0 bridgehead atoms. The van der Waals surface area contributed by atoms with Crippen LogP contribution in [-0.4, -0.2) is 28.1 Å². The molecule has 2 heterocycles. The third-order valence-corrected chi connectivity index (χ3v) is 6.06. The highest BCUT2D eigenvalue weighted by molar-refractivity contribution is 7.91. The number of hydrogen-bond donors (Lipinski definition) is 2. The van der Waals surface area contributed by atoms with Gasteiger partial charge in [-0.05, 0) is 42.8 Å². The second-order valence-electron chi connectivity index (χ2n) is 4.82. The van der Waals surface area contributed by atoms with Crippen molar-refractivity contribution in [2.24, 2.45) is 5.41 Å². The van der Waals surface area contributed by atoms with Gasteiger partial charge < -0.3 is 5.32 Å². The lowest BCUT2D eigenvalue weighted by atomic mass is 9.81. The van der Waals surface area contributed by atoms with E-state index in [4.69, 9.17) is 0 Å². The second-order valence-corrected chi connectivity index (χ2v) is 7.76. The van der Waals surface area contributed by atoms with Crippen LogP contribution in [0.15, 0.2) is 21.7 Å². The van der Waals surface area contributed by atoms with Crippen LogP contribution in [0.1, 0.15) is 19.8 Å². The molecule has 0 aromatic carbocycles. The van der Waals surface area contributed by atoms with Crippen LogP contribution in [0.3, 0.4) is 0 Å². The average molecular weight is 274 g/mol. The molecule has 96 valence electrons. The molecule has 0 unspecified atom stereocenters. The van der Waals surface area contributed by atoms with E-state index in [-0.39, 0.29) is 5.41 Å². The summed E-state index contributed by atoms with van der Waals surface area (Å²) in [5.41, 5.74) is 0.0789. The van der Waals surface area contributed by atoms with E-state index in [1.807, 2.05) is 0 Å². The van der Waals surface area contributed by atoms with Gasteiger partial charge in [-0.25, -0.2) is 13.1 Å². The van der Waals surface area contributed by atoms with Gasteiger partial charge in [0.2, 0.25) is 10.0 Å². The molecule has 2 rings (SSSR count). The van der Waals surface area contributed by atoms with Gasteiger partial charge in [-0.3, -0.25) is 0 Å². The largest absolute Gasteiger partial charge is 0.317 e. The average Bonchev–Trinajstić information content (AvgIpc) is 2.82. The molecule has 6 heteroatoms. The number of hydrogen-bond acceptors (Lipinski definition) is 4. The van der Waals surface area contributed by atoms with E-state index in [1.54, 1.807) is 17.5 Å². The van der Waals surface area contributed by atoms with Crippen LogP contribution in [0.4, 0.5) is 0 Å². The molecule has 1 aliphatic heterocycles. The molecule has 1 saturated heterocycles. The van der Waals surface area contributed by atoms with Gasteiger partial charge in [0.25, 0.3) is 0 Å². The van der Waals surface area contributed by atoms with Gasteiger partial charge in [-0.1, -0.05) is 13.0 Å². The SMILES string of the molecule is CC1(CNS(=O)(=O)c2cccs2)CCNCC1. The maximum atomic E-state index is 12.0. The summed E-state index contributed by atoms with van der Waals surface area (Å²) in [6, 6.07) is 3.39. The first-order valence-electron chi connectivity index (χ1n) is 5.76. The molecule has 1 aliphatic rings. The Morgan fingerprint density at radius 1 is 1.47 bits per heavy atom. The zero-order valence-corrected chi connectivity index (χ0v) is 11.5. The van der Waals surface area contributed by atoms with Crippen LogP contribution in [0, 0.1) is 5.41 Å². The van der Waals surface area contributed by atoms with Crippen LogP contribution in [-0.2, 0) is 10.0 Å². The van der Waals surface area contributed by atoms with Gasteiger partial charge in [-0.15, -0.1) is 11.3 Å². The van der Waals surface area contributed by atoms with Crippen molar-refractivity contribution in [3.05, 3.63) is 17.5 Å². The molecule has 17 heavy (non-hydrogen) atoms. The van der Waals surface area contributed by atoms with Crippen LogP contribution < -0.4 is 10.0 Å². The highest BCUT2D eigenvalue weighted by atomic mass is 32.2. The van der Waals surface area contributed by atoms with Crippen molar-refractivity contribution in [2.45, 2.75) is 24.0 Å². The summed E-state index contributed by atoms with van der Waals surface area (Å²) in [5.74, 6) is 0. The Morgan fingerprint density at radius 3 is 2.76 bits per heavy atom. The van der Waals surface area contributed by atoms with Gasteiger partial charge in [0.15, 0.2) is 0 Å². The molecule has 0 radical (unpaired) electrons. The minimum Gasteiger partial charge on any atom is -0.317 e. The lowest BCUT2D eigenvalue weighted by Crippen LogP contribution is -2.42. The Balaban J connectivity index is 1.98. The second kappa shape index (κ2) is 5.06. The quantitative estimate of drug-likeness (QED) is 0.873. The van der Waals surface area contributed by atoms with Gasteiger partial charge >= 0.3 is 0 Å². The Labute approximate surface area is 106 Å². The van der Waals surface area contributed by atoms with E-state index in [2.05, 4.69) is 17.0 Å². The molecule has 0 aliphatic carbocycles. The lowest BCUT2D eigenvalue weighted by molar-refractivity contribution is 0.232. The predicted octanol–water partition coefficient (Wildman–Crippen LogP) is 1.42. The molecule has 0 spiro atoms. The number of rotatable bonds is 4. The van der Waals surface area contributed by atoms with Crippen LogP contribution in [0.5, 0.6) is 0 Å². The highest BCUT2D eigenvalue weighted by Crippen LogP contribution is 2.27. The van der Waals surface area contributed by atoms with E-state index in [1.165, 1.54) is 11.3 Å². The van der Waals surface area contributed by atoms with Gasteiger partial charge in [0.05, 0.1) is 0 Å². The summed E-state index contributed by atoms with van der Waals surface area (Å²) in [7, 11) is -3.31. The van der Waals surface area contributed by atoms with Crippen molar-refractivity contribution >= 4 is 21.4 Å². The van der Waals surface area contributed by atoms with Crippen LogP contribution >= 0.6 is 11.3 Å². The lowest BCUT2D eigenvalue weighted by Gasteiger charge is -2.33. The Kier molecular flexibility index (Phi) is 3.87. The predicted molar refractivity (Wildman–Crippen MR) is 69.7 cm³/mol. The smallest absolute Gasteiger partial charge is 0.250 e. The van der Waals surface area contributed by atoms with Crippen molar-refractivity contribution < 1.29 is 8.42 Å². The maximum absolute atomic E-state index is 12.0. The summed E-state index contributed by atoms with van der Waals surface area (Å²) in [6.45, 7) is 4.61. The normalized spacial score (nSPS) is 20.3. The first kappa shape index (κ1) is 13.0. The molecule has 0 saturated carbocycles. The Hall–Kier alpha value is -0.430. The van der Waals surface area contributed by atoms with E-state index >= 15 is 0 Å². The van der Waals surface area contributed by atoms with Crippen molar-refractivity contribution in [3.8, 4) is 0 Å².